The van der Waals surface area contributed by atoms with Crippen LogP contribution in [0, 0.1) is 0 Å². The van der Waals surface area contributed by atoms with E-state index in [9.17, 15) is 9.90 Å². The highest BCUT2D eigenvalue weighted by atomic mass is 16.4. The van der Waals surface area contributed by atoms with Crippen molar-refractivity contribution >= 4 is 17.5 Å². The zero-order valence-electron chi connectivity index (χ0n) is 13.8. The van der Waals surface area contributed by atoms with Crippen molar-refractivity contribution in [2.24, 2.45) is 0 Å². The van der Waals surface area contributed by atoms with Crippen molar-refractivity contribution in [3.05, 3.63) is 53.9 Å². The summed E-state index contributed by atoms with van der Waals surface area (Å²) in [6.45, 7) is 5.58. The van der Waals surface area contributed by atoms with Crippen molar-refractivity contribution in [3.63, 3.8) is 0 Å². The molecule has 0 spiro atoms. The Balaban J connectivity index is 2.17. The van der Waals surface area contributed by atoms with E-state index < -0.39 is 11.6 Å². The minimum Gasteiger partial charge on any atom is -0.465 e. The molecule has 122 valence electrons. The number of hydrogen-bond donors (Lipinski definition) is 2. The molecule has 0 radical (unpaired) electrons. The molecule has 0 bridgehead atoms. The van der Waals surface area contributed by atoms with Gasteiger partial charge in [0.25, 0.3) is 0 Å². The van der Waals surface area contributed by atoms with Crippen LogP contribution in [-0.4, -0.2) is 21.7 Å². The number of anilines is 2. The summed E-state index contributed by atoms with van der Waals surface area (Å²) in [4.78, 5) is 17.1. The Kier molecular flexibility index (Phi) is 4.89. The highest BCUT2D eigenvalue weighted by molar-refractivity contribution is 5.87. The molecule has 2 aromatic rings. The summed E-state index contributed by atoms with van der Waals surface area (Å²) in [5.41, 5.74) is 8.76. The molecule has 0 saturated carbocycles. The third kappa shape index (κ3) is 4.45. The van der Waals surface area contributed by atoms with Crippen LogP contribution in [0.15, 0.2) is 42.7 Å². The molecule has 0 unspecified atom stereocenters. The number of carbonyl (C=O) groups is 1. The third-order valence-corrected chi connectivity index (χ3v) is 3.55. The van der Waals surface area contributed by atoms with Gasteiger partial charge in [-0.3, -0.25) is 9.88 Å². The lowest BCUT2D eigenvalue weighted by atomic mass is 10.0. The number of hydrogen-bond acceptors (Lipinski definition) is 3. The molecular weight excluding hydrogens is 290 g/mol. The van der Waals surface area contributed by atoms with E-state index >= 15 is 0 Å². The highest BCUT2D eigenvalue weighted by Gasteiger charge is 2.28. The fourth-order valence-electron chi connectivity index (χ4n) is 2.55. The Morgan fingerprint density at radius 1 is 1.17 bits per heavy atom. The fraction of sp³-hybridized carbons (Fsp3) is 0.333. The number of rotatable bonds is 4. The van der Waals surface area contributed by atoms with Gasteiger partial charge in [-0.1, -0.05) is 12.1 Å². The number of pyridine rings is 1. The summed E-state index contributed by atoms with van der Waals surface area (Å²) in [6, 6.07) is 9.67. The minimum absolute atomic E-state index is 0.528. The van der Waals surface area contributed by atoms with Gasteiger partial charge in [-0.2, -0.15) is 0 Å². The van der Waals surface area contributed by atoms with Gasteiger partial charge in [-0.25, -0.2) is 4.79 Å². The van der Waals surface area contributed by atoms with E-state index in [0.717, 1.165) is 29.7 Å². The number of amides is 1. The molecule has 0 aliphatic rings. The first-order valence-electron chi connectivity index (χ1n) is 7.59. The van der Waals surface area contributed by atoms with Gasteiger partial charge in [0.05, 0.1) is 11.9 Å². The summed E-state index contributed by atoms with van der Waals surface area (Å²) in [5.74, 6) is 0. The predicted octanol–water partition coefficient (Wildman–Crippen LogP) is 3.73. The quantitative estimate of drug-likeness (QED) is 0.843. The molecule has 3 N–H and O–H groups in total. The van der Waals surface area contributed by atoms with Gasteiger partial charge < -0.3 is 10.8 Å². The standard InChI is InChI=1S/C18H23N3O2/c1-18(2,3)21(17(22)23)16-10-14(11-20-12-16)8-7-13-5-4-6-15(19)9-13/h4-6,9-12H,7-8,19H2,1-3H3,(H,22,23). The SMILES string of the molecule is CC(C)(C)N(C(=O)O)c1cncc(CCc2cccc(N)c2)c1. The molecule has 5 heteroatoms. The maximum Gasteiger partial charge on any atom is 0.412 e. The van der Waals surface area contributed by atoms with E-state index in [1.54, 1.807) is 12.4 Å². The molecule has 0 saturated heterocycles. The highest BCUT2D eigenvalue weighted by Crippen LogP contribution is 2.24. The number of aryl methyl sites for hydroxylation is 2. The second-order valence-electron chi connectivity index (χ2n) is 6.59. The van der Waals surface area contributed by atoms with E-state index in [1.807, 2.05) is 51.1 Å². The molecular formula is C18H23N3O2. The molecule has 1 amide bonds. The molecule has 2 rings (SSSR count). The number of nitrogen functional groups attached to an aromatic ring is 1. The Morgan fingerprint density at radius 2 is 1.87 bits per heavy atom. The topological polar surface area (TPSA) is 79.5 Å². The zero-order chi connectivity index (χ0) is 17.0. The van der Waals surface area contributed by atoms with Crippen molar-refractivity contribution in [3.8, 4) is 0 Å². The van der Waals surface area contributed by atoms with Crippen LogP contribution in [0.25, 0.3) is 0 Å². The summed E-state index contributed by atoms with van der Waals surface area (Å²) in [5, 5.41) is 9.48. The third-order valence-electron chi connectivity index (χ3n) is 3.55. The molecule has 0 aliphatic carbocycles. The van der Waals surface area contributed by atoms with Crippen LogP contribution in [0.2, 0.25) is 0 Å². The van der Waals surface area contributed by atoms with Crippen LogP contribution in [0.1, 0.15) is 31.9 Å². The average molecular weight is 313 g/mol. The molecule has 23 heavy (non-hydrogen) atoms. The largest absolute Gasteiger partial charge is 0.465 e. The lowest BCUT2D eigenvalue weighted by Crippen LogP contribution is -2.45. The Labute approximate surface area is 136 Å². The normalized spacial score (nSPS) is 11.3. The molecule has 0 fully saturated rings. The van der Waals surface area contributed by atoms with Crippen LogP contribution in [0.5, 0.6) is 0 Å². The summed E-state index contributed by atoms with van der Waals surface area (Å²) < 4.78 is 0. The summed E-state index contributed by atoms with van der Waals surface area (Å²) in [7, 11) is 0. The van der Waals surface area contributed by atoms with Gasteiger partial charge in [0.15, 0.2) is 0 Å². The maximum absolute atomic E-state index is 11.6. The second-order valence-corrected chi connectivity index (χ2v) is 6.59. The van der Waals surface area contributed by atoms with Gasteiger partial charge in [0.2, 0.25) is 0 Å². The fourth-order valence-corrected chi connectivity index (χ4v) is 2.55. The van der Waals surface area contributed by atoms with Gasteiger partial charge in [0, 0.05) is 17.4 Å². The van der Waals surface area contributed by atoms with E-state index in [2.05, 4.69) is 4.98 Å². The van der Waals surface area contributed by atoms with Gasteiger partial charge >= 0.3 is 6.09 Å². The molecule has 0 aliphatic heterocycles. The van der Waals surface area contributed by atoms with Gasteiger partial charge in [0.1, 0.15) is 0 Å². The maximum atomic E-state index is 11.6. The second kappa shape index (κ2) is 6.69. The van der Waals surface area contributed by atoms with Crippen molar-refractivity contribution in [1.29, 1.82) is 0 Å². The lowest BCUT2D eigenvalue weighted by Gasteiger charge is -2.33. The average Bonchev–Trinajstić information content (AvgIpc) is 2.44. The van der Waals surface area contributed by atoms with Crippen molar-refractivity contribution in [1.82, 2.24) is 4.98 Å². The first kappa shape index (κ1) is 16.8. The Hall–Kier alpha value is -2.56. The molecule has 0 atom stereocenters. The smallest absolute Gasteiger partial charge is 0.412 e. The first-order valence-corrected chi connectivity index (χ1v) is 7.59. The summed E-state index contributed by atoms with van der Waals surface area (Å²) in [6.07, 6.45) is 4.00. The van der Waals surface area contributed by atoms with Crippen molar-refractivity contribution < 1.29 is 9.90 Å². The number of nitrogens with two attached hydrogens (primary N) is 1. The van der Waals surface area contributed by atoms with Crippen LogP contribution >= 0.6 is 0 Å². The first-order chi connectivity index (χ1) is 10.8. The minimum atomic E-state index is -0.979. The van der Waals surface area contributed by atoms with Crippen LogP contribution < -0.4 is 10.6 Å². The zero-order valence-corrected chi connectivity index (χ0v) is 13.8. The summed E-state index contributed by atoms with van der Waals surface area (Å²) >= 11 is 0. The molecule has 1 aromatic carbocycles. The van der Waals surface area contributed by atoms with E-state index in [1.165, 1.54) is 4.90 Å². The number of nitrogens with zero attached hydrogens (tertiary/aromatic N) is 2. The van der Waals surface area contributed by atoms with Crippen molar-refractivity contribution in [2.45, 2.75) is 39.2 Å². The number of aromatic nitrogens is 1. The van der Waals surface area contributed by atoms with Crippen LogP contribution in [-0.2, 0) is 12.8 Å². The van der Waals surface area contributed by atoms with Crippen LogP contribution in [0.4, 0.5) is 16.2 Å². The molecule has 1 heterocycles. The van der Waals surface area contributed by atoms with Crippen molar-refractivity contribution in [2.75, 3.05) is 10.6 Å². The predicted molar refractivity (Wildman–Crippen MR) is 92.8 cm³/mol. The number of benzene rings is 1. The van der Waals surface area contributed by atoms with E-state index in [4.69, 9.17) is 5.73 Å². The number of carboxylic acid groups (broad SMARTS) is 1. The van der Waals surface area contributed by atoms with E-state index in [0.29, 0.717) is 5.69 Å². The monoisotopic (exact) mass is 313 g/mol. The lowest BCUT2D eigenvalue weighted by molar-refractivity contribution is 0.195. The molecule has 5 nitrogen and oxygen atoms in total. The Bertz CT molecular complexity index is 693. The molecule has 1 aromatic heterocycles. The van der Waals surface area contributed by atoms with Gasteiger partial charge in [-0.15, -0.1) is 0 Å². The van der Waals surface area contributed by atoms with E-state index in [-0.39, 0.29) is 0 Å². The van der Waals surface area contributed by atoms with Crippen LogP contribution in [0.3, 0.4) is 0 Å². The van der Waals surface area contributed by atoms with Gasteiger partial charge in [-0.05, 0) is 62.9 Å². The Morgan fingerprint density at radius 3 is 2.48 bits per heavy atom.